The van der Waals surface area contributed by atoms with Crippen molar-refractivity contribution in [2.75, 3.05) is 0 Å². The zero-order valence-corrected chi connectivity index (χ0v) is 28.9. The Labute approximate surface area is 313 Å². The summed E-state index contributed by atoms with van der Waals surface area (Å²) in [5.74, 6) is -71.4. The van der Waals surface area contributed by atoms with Gasteiger partial charge in [0.1, 0.15) is 52.7 Å². The van der Waals surface area contributed by atoms with Crippen molar-refractivity contribution in [3.63, 3.8) is 0 Å². The summed E-state index contributed by atoms with van der Waals surface area (Å²) in [6.45, 7) is 0. The maximum absolute atomic E-state index is 15.4. The van der Waals surface area contributed by atoms with E-state index < -0.39 is 144 Å². The van der Waals surface area contributed by atoms with E-state index in [0.717, 1.165) is 12.1 Å². The minimum Gasteiger partial charge on any atom is -0.341 e. The molecule has 4 aromatic rings. The molecule has 2 aliphatic carbocycles. The molecule has 0 heterocycles. The van der Waals surface area contributed by atoms with Crippen LogP contribution in [0.1, 0.15) is 64.2 Å². The van der Waals surface area contributed by atoms with Gasteiger partial charge < -0.3 is 5.32 Å². The van der Waals surface area contributed by atoms with Gasteiger partial charge in [-0.3, -0.25) is 0 Å². The third-order valence-electron chi connectivity index (χ3n) is 10.6. The molecule has 316 valence electrons. The van der Waals surface area contributed by atoms with E-state index in [9.17, 15) is 52.7 Å². The highest BCUT2D eigenvalue weighted by atomic mass is 19.2. The lowest BCUT2D eigenvalue weighted by Gasteiger charge is -2.44. The topological polar surface area (TPSA) is 16.6 Å². The zero-order chi connectivity index (χ0) is 43.3. The van der Waals surface area contributed by atoms with Crippen molar-refractivity contribution in [2.24, 2.45) is 0 Å². The van der Waals surface area contributed by atoms with E-state index in [-0.39, 0.29) is 0 Å². The van der Waals surface area contributed by atoms with Crippen molar-refractivity contribution >= 4 is 28.0 Å². The van der Waals surface area contributed by atoms with E-state index in [1.165, 1.54) is 64.2 Å². The average molecular weight is 861 g/mol. The first-order valence-electron chi connectivity index (χ1n) is 17.2. The van der Waals surface area contributed by atoms with E-state index in [1.54, 1.807) is 0 Å². The van der Waals surface area contributed by atoms with Crippen LogP contribution < -0.4 is 27.2 Å². The van der Waals surface area contributed by atoms with Gasteiger partial charge in [-0.2, -0.15) is 0 Å². The van der Waals surface area contributed by atoms with E-state index in [4.69, 9.17) is 0 Å². The average Bonchev–Trinajstić information content (AvgIpc) is 3.21. The fourth-order valence-electron chi connectivity index (χ4n) is 7.91. The van der Waals surface area contributed by atoms with Crippen molar-refractivity contribution in [3.05, 3.63) is 116 Å². The van der Waals surface area contributed by atoms with Crippen LogP contribution in [0.25, 0.3) is 0 Å². The molecule has 0 atom stereocenters. The summed E-state index contributed by atoms with van der Waals surface area (Å²) in [7, 11) is 0. The van der Waals surface area contributed by atoms with Gasteiger partial charge in [-0.1, -0.05) is 12.8 Å². The number of hydrogen-bond donors (Lipinski definition) is 1. The van der Waals surface area contributed by atoms with E-state index in [2.05, 4.69) is 5.32 Å². The molecule has 2 aliphatic rings. The molecule has 58 heavy (non-hydrogen) atoms. The molecular formula is C36H24BF20N. The maximum Gasteiger partial charge on any atom is 0.200 e. The van der Waals surface area contributed by atoms with Gasteiger partial charge in [-0.15, -0.1) is 21.9 Å². The molecule has 1 nitrogen and oxygen atoms in total. The van der Waals surface area contributed by atoms with Gasteiger partial charge in [-0.25, -0.2) is 87.8 Å². The van der Waals surface area contributed by atoms with Crippen molar-refractivity contribution in [1.29, 1.82) is 0 Å². The van der Waals surface area contributed by atoms with Crippen LogP contribution in [0.2, 0.25) is 0 Å². The predicted octanol–water partition coefficient (Wildman–Crippen LogP) is 8.06. The third-order valence-corrected chi connectivity index (χ3v) is 10.6. The molecule has 0 unspecified atom stereocenters. The molecular weight excluding hydrogens is 837 g/mol. The summed E-state index contributed by atoms with van der Waals surface area (Å²) in [6, 6.07) is 1.99. The monoisotopic (exact) mass is 861 g/mol. The first-order valence-corrected chi connectivity index (χ1v) is 17.2. The Bertz CT molecular complexity index is 1850. The fraction of sp³-hybridized carbons (Fsp3) is 0.333. The lowest BCUT2D eigenvalue weighted by Crippen LogP contribution is -2.95. The van der Waals surface area contributed by atoms with Crippen LogP contribution in [-0.2, 0) is 0 Å². The largest absolute Gasteiger partial charge is 0.341 e. The third kappa shape index (κ3) is 7.15. The molecule has 22 heteroatoms. The van der Waals surface area contributed by atoms with Crippen LogP contribution >= 0.6 is 0 Å². The molecule has 2 N–H and O–H groups in total. The van der Waals surface area contributed by atoms with Crippen molar-refractivity contribution in [2.45, 2.75) is 76.3 Å². The van der Waals surface area contributed by atoms with Crippen LogP contribution in [0.5, 0.6) is 0 Å². The summed E-state index contributed by atoms with van der Waals surface area (Å²) in [5, 5.41) is 2.72. The molecule has 2 saturated carbocycles. The lowest BCUT2D eigenvalue weighted by molar-refractivity contribution is -0.725. The molecule has 0 spiro atoms. The van der Waals surface area contributed by atoms with Crippen molar-refractivity contribution < 1.29 is 93.1 Å². The van der Waals surface area contributed by atoms with Crippen LogP contribution in [-0.4, -0.2) is 18.2 Å². The second-order valence-electron chi connectivity index (χ2n) is 13.8. The van der Waals surface area contributed by atoms with Gasteiger partial charge in [0.25, 0.3) is 0 Å². The second kappa shape index (κ2) is 17.0. The van der Waals surface area contributed by atoms with Gasteiger partial charge in [-0.05, 0) is 51.4 Å². The molecule has 6 rings (SSSR count). The SMILES string of the molecule is C1CCC([NH2+]C2CCCCC2)CC1.Fc1c(F)c(F)c([B-](c2c(F)c(F)c(F)c(F)c2F)(c2c(F)c(F)c(F)c(F)c2F)c2c(F)c(F)c(F)c(F)c2F)c(F)c1F. The first kappa shape index (κ1) is 44.6. The summed E-state index contributed by atoms with van der Waals surface area (Å²) >= 11 is 0. The lowest BCUT2D eigenvalue weighted by atomic mass is 9.12. The van der Waals surface area contributed by atoms with Gasteiger partial charge >= 0.3 is 0 Å². The van der Waals surface area contributed by atoms with E-state index in [0.29, 0.717) is 0 Å². The Morgan fingerprint density at radius 1 is 0.241 bits per heavy atom. The zero-order valence-electron chi connectivity index (χ0n) is 28.9. The molecule has 0 amide bonds. The van der Waals surface area contributed by atoms with Gasteiger partial charge in [0.15, 0.2) is 69.8 Å². The second-order valence-corrected chi connectivity index (χ2v) is 13.8. The highest BCUT2D eigenvalue weighted by Gasteiger charge is 2.52. The Morgan fingerprint density at radius 2 is 0.397 bits per heavy atom. The normalized spacial score (nSPS) is 15.5. The summed E-state index contributed by atoms with van der Waals surface area (Å²) in [4.78, 5) is 0. The molecule has 4 aromatic carbocycles. The summed E-state index contributed by atoms with van der Waals surface area (Å²) in [5.41, 5.74) is -14.3. The van der Waals surface area contributed by atoms with Gasteiger partial charge in [0, 0.05) is 0 Å². The minimum absolute atomic E-state index is 0.997. The van der Waals surface area contributed by atoms with E-state index >= 15 is 35.1 Å². The Hall–Kier alpha value is -4.50. The van der Waals surface area contributed by atoms with Crippen molar-refractivity contribution in [1.82, 2.24) is 0 Å². The maximum atomic E-state index is 15.4. The van der Waals surface area contributed by atoms with Gasteiger partial charge in [0.05, 0.1) is 12.1 Å². The Balaban J connectivity index is 0.000000414. The fourth-order valence-corrected chi connectivity index (χ4v) is 7.91. The first-order chi connectivity index (χ1) is 27.2. The van der Waals surface area contributed by atoms with Crippen LogP contribution in [0.15, 0.2) is 0 Å². The minimum atomic E-state index is -7.22. The number of quaternary nitrogens is 1. The summed E-state index contributed by atoms with van der Waals surface area (Å²) < 4.78 is 294. The molecule has 0 aliphatic heterocycles. The molecule has 0 saturated heterocycles. The quantitative estimate of drug-likeness (QED) is 0.0876. The van der Waals surface area contributed by atoms with E-state index in [1.807, 2.05) is 0 Å². The van der Waals surface area contributed by atoms with Gasteiger partial charge in [0.2, 0.25) is 0 Å². The standard InChI is InChI=1S/C24BF20.C12H23N/c26-5-1(6(27)14(35)21(42)13(5)34)25(2-7(28)15(36)22(43)16(37)8(2)29,3-9(30)17(38)23(44)18(39)10(3)31)4-11(32)19(40)24(45)20(41)12(4)33;1-3-7-11(8-4-1)13-12-9-5-2-6-10-12/h;11-13H,1-10H2/q-1;/p+1. The predicted molar refractivity (Wildman–Crippen MR) is 165 cm³/mol. The van der Waals surface area contributed by atoms with Crippen molar-refractivity contribution in [3.8, 4) is 0 Å². The van der Waals surface area contributed by atoms with Crippen LogP contribution in [0, 0.1) is 116 Å². The molecule has 0 aromatic heterocycles. The van der Waals surface area contributed by atoms with Crippen LogP contribution in [0.3, 0.4) is 0 Å². The molecule has 2 fully saturated rings. The Morgan fingerprint density at radius 3 is 0.569 bits per heavy atom. The molecule has 0 radical (unpaired) electrons. The summed E-state index contributed by atoms with van der Waals surface area (Å²) in [6.07, 6.45) is 7.73. The highest BCUT2D eigenvalue weighted by molar-refractivity contribution is 7.20. The highest BCUT2D eigenvalue weighted by Crippen LogP contribution is 2.31. The Kier molecular flexibility index (Phi) is 13.1. The number of rotatable bonds is 6. The number of hydrogen-bond acceptors (Lipinski definition) is 0. The number of benzene rings is 4. The van der Waals surface area contributed by atoms with Crippen LogP contribution in [0.4, 0.5) is 87.8 Å². The molecule has 0 bridgehead atoms. The number of halogens is 20. The number of nitrogens with two attached hydrogens (primary N) is 1. The smallest absolute Gasteiger partial charge is 0.200 e.